The first kappa shape index (κ1) is 15.5. The van der Waals surface area contributed by atoms with Gasteiger partial charge < -0.3 is 10.1 Å². The van der Waals surface area contributed by atoms with Gasteiger partial charge in [-0.3, -0.25) is 4.79 Å². The fourth-order valence-electron chi connectivity index (χ4n) is 2.23. The smallest absolute Gasteiger partial charge is 0.258 e. The van der Waals surface area contributed by atoms with Crippen molar-refractivity contribution in [2.45, 2.75) is 0 Å². The third-order valence-electron chi connectivity index (χ3n) is 3.26. The van der Waals surface area contributed by atoms with Crippen molar-refractivity contribution in [2.24, 2.45) is 0 Å². The highest BCUT2D eigenvalue weighted by atomic mass is 35.5. The Morgan fingerprint density at radius 2 is 1.78 bits per heavy atom. The van der Waals surface area contributed by atoms with E-state index in [0.29, 0.717) is 22.5 Å². The molecule has 0 atom stereocenters. The molecule has 116 valence electrons. The topological polar surface area (TPSA) is 64.1 Å². The molecule has 3 rings (SSSR count). The lowest BCUT2D eigenvalue weighted by Gasteiger charge is -2.11. The van der Waals surface area contributed by atoms with Crippen LogP contribution in [0.2, 0.25) is 10.0 Å². The molecule has 1 amide bonds. The standard InChI is InChI=1S/C16H11Cl2N3O2/c1-23-16-9-4-2-7-12(14(9)19-8-20-16)21-15(22)13-10(17)5-3-6-11(13)18/h2-8H,1H3,(H,21,22). The third kappa shape index (κ3) is 2.93. The Morgan fingerprint density at radius 1 is 1.09 bits per heavy atom. The van der Waals surface area contributed by atoms with Gasteiger partial charge >= 0.3 is 0 Å². The number of ether oxygens (including phenoxy) is 1. The minimum Gasteiger partial charge on any atom is -0.480 e. The number of hydrogen-bond donors (Lipinski definition) is 1. The highest BCUT2D eigenvalue weighted by Crippen LogP contribution is 2.29. The Hall–Kier alpha value is -2.37. The molecule has 0 saturated heterocycles. The molecule has 0 saturated carbocycles. The number of halogens is 2. The average molecular weight is 348 g/mol. The fourth-order valence-corrected chi connectivity index (χ4v) is 2.80. The number of methoxy groups -OCH3 is 1. The summed E-state index contributed by atoms with van der Waals surface area (Å²) in [6, 6.07) is 10.2. The van der Waals surface area contributed by atoms with Crippen LogP contribution in [0.25, 0.3) is 10.9 Å². The van der Waals surface area contributed by atoms with Crippen LogP contribution in [0.5, 0.6) is 5.88 Å². The van der Waals surface area contributed by atoms with Crippen LogP contribution in [0.3, 0.4) is 0 Å². The van der Waals surface area contributed by atoms with Crippen LogP contribution in [0.1, 0.15) is 10.4 Å². The monoisotopic (exact) mass is 347 g/mol. The van der Waals surface area contributed by atoms with Gasteiger partial charge in [-0.05, 0) is 24.3 Å². The molecular formula is C16H11Cl2N3O2. The summed E-state index contributed by atoms with van der Waals surface area (Å²) in [5.74, 6) is 0.0209. The molecule has 0 aliphatic heterocycles. The predicted molar refractivity (Wildman–Crippen MR) is 90.5 cm³/mol. The van der Waals surface area contributed by atoms with E-state index in [2.05, 4.69) is 15.3 Å². The van der Waals surface area contributed by atoms with Gasteiger partial charge in [0.2, 0.25) is 5.88 Å². The molecule has 0 aliphatic carbocycles. The van der Waals surface area contributed by atoms with Crippen LogP contribution < -0.4 is 10.1 Å². The Kier molecular flexibility index (Phi) is 4.32. The number of para-hydroxylation sites is 1. The van der Waals surface area contributed by atoms with E-state index in [1.54, 1.807) is 30.3 Å². The van der Waals surface area contributed by atoms with Crippen LogP contribution in [-0.4, -0.2) is 23.0 Å². The van der Waals surface area contributed by atoms with Crippen molar-refractivity contribution in [1.82, 2.24) is 9.97 Å². The number of nitrogens with zero attached hydrogens (tertiary/aromatic N) is 2. The van der Waals surface area contributed by atoms with Gasteiger partial charge in [-0.25, -0.2) is 9.97 Å². The van der Waals surface area contributed by atoms with Crippen LogP contribution in [0.4, 0.5) is 5.69 Å². The van der Waals surface area contributed by atoms with Crippen molar-refractivity contribution in [3.05, 3.63) is 58.3 Å². The summed E-state index contributed by atoms with van der Waals surface area (Å²) in [5, 5.41) is 4.03. The zero-order valence-electron chi connectivity index (χ0n) is 12.0. The Morgan fingerprint density at radius 3 is 2.48 bits per heavy atom. The molecule has 0 unspecified atom stereocenters. The molecule has 0 spiro atoms. The van der Waals surface area contributed by atoms with E-state index in [9.17, 15) is 4.79 Å². The first-order chi connectivity index (χ1) is 11.1. The lowest BCUT2D eigenvalue weighted by molar-refractivity contribution is 0.102. The van der Waals surface area contributed by atoms with Gasteiger partial charge in [-0.2, -0.15) is 0 Å². The van der Waals surface area contributed by atoms with Crippen molar-refractivity contribution in [3.63, 3.8) is 0 Å². The van der Waals surface area contributed by atoms with Gasteiger partial charge in [0.05, 0.1) is 33.8 Å². The van der Waals surface area contributed by atoms with E-state index in [4.69, 9.17) is 27.9 Å². The molecule has 2 aromatic carbocycles. The zero-order valence-corrected chi connectivity index (χ0v) is 13.5. The first-order valence-electron chi connectivity index (χ1n) is 6.65. The maximum Gasteiger partial charge on any atom is 0.258 e. The molecule has 0 bridgehead atoms. The quantitative estimate of drug-likeness (QED) is 0.771. The van der Waals surface area contributed by atoms with Crippen LogP contribution >= 0.6 is 23.2 Å². The molecular weight excluding hydrogens is 337 g/mol. The lowest BCUT2D eigenvalue weighted by Crippen LogP contribution is -2.13. The summed E-state index contributed by atoms with van der Waals surface area (Å²) in [5.41, 5.74) is 1.30. The minimum atomic E-state index is -0.411. The summed E-state index contributed by atoms with van der Waals surface area (Å²) in [7, 11) is 1.52. The molecule has 1 heterocycles. The first-order valence-corrected chi connectivity index (χ1v) is 7.40. The summed E-state index contributed by atoms with van der Waals surface area (Å²) >= 11 is 12.1. The van der Waals surface area contributed by atoms with Gasteiger partial charge in [0, 0.05) is 0 Å². The number of carbonyl (C=O) groups is 1. The second kappa shape index (κ2) is 6.40. The van der Waals surface area contributed by atoms with E-state index in [-0.39, 0.29) is 15.6 Å². The van der Waals surface area contributed by atoms with Crippen molar-refractivity contribution < 1.29 is 9.53 Å². The molecule has 0 aliphatic rings. The largest absolute Gasteiger partial charge is 0.480 e. The van der Waals surface area contributed by atoms with Gasteiger partial charge in [-0.15, -0.1) is 0 Å². The SMILES string of the molecule is COc1ncnc2c(NC(=O)c3c(Cl)cccc3Cl)cccc12. The summed E-state index contributed by atoms with van der Waals surface area (Å²) in [6.07, 6.45) is 1.37. The summed E-state index contributed by atoms with van der Waals surface area (Å²) < 4.78 is 5.20. The summed E-state index contributed by atoms with van der Waals surface area (Å²) in [4.78, 5) is 20.8. The second-order valence-corrected chi connectivity index (χ2v) is 5.45. The Balaban J connectivity index is 2.04. The van der Waals surface area contributed by atoms with E-state index >= 15 is 0 Å². The van der Waals surface area contributed by atoms with E-state index < -0.39 is 5.91 Å². The molecule has 1 aromatic heterocycles. The Labute approximate surface area is 142 Å². The number of anilines is 1. The number of fused-ring (bicyclic) bond motifs is 1. The molecule has 0 fully saturated rings. The maximum atomic E-state index is 12.5. The normalized spacial score (nSPS) is 10.6. The van der Waals surface area contributed by atoms with Gasteiger partial charge in [-0.1, -0.05) is 35.3 Å². The number of benzene rings is 2. The van der Waals surface area contributed by atoms with Crippen molar-refractivity contribution in [2.75, 3.05) is 12.4 Å². The molecule has 5 nitrogen and oxygen atoms in total. The van der Waals surface area contributed by atoms with Gasteiger partial charge in [0.25, 0.3) is 5.91 Å². The maximum absolute atomic E-state index is 12.5. The molecule has 1 N–H and O–H groups in total. The van der Waals surface area contributed by atoms with Crippen molar-refractivity contribution in [3.8, 4) is 5.88 Å². The number of rotatable bonds is 3. The minimum absolute atomic E-state index is 0.217. The van der Waals surface area contributed by atoms with E-state index in [1.165, 1.54) is 13.4 Å². The number of nitrogens with one attached hydrogen (secondary N) is 1. The summed E-state index contributed by atoms with van der Waals surface area (Å²) in [6.45, 7) is 0. The Bertz CT molecular complexity index is 879. The third-order valence-corrected chi connectivity index (χ3v) is 3.89. The molecule has 3 aromatic rings. The average Bonchev–Trinajstić information content (AvgIpc) is 2.54. The van der Waals surface area contributed by atoms with Crippen molar-refractivity contribution >= 4 is 45.7 Å². The molecule has 7 heteroatoms. The number of carbonyl (C=O) groups excluding carboxylic acids is 1. The highest BCUT2D eigenvalue weighted by Gasteiger charge is 2.16. The predicted octanol–water partition coefficient (Wildman–Crippen LogP) is 4.20. The lowest BCUT2D eigenvalue weighted by atomic mass is 10.1. The fraction of sp³-hybridized carbons (Fsp3) is 0.0625. The number of amides is 1. The van der Waals surface area contributed by atoms with Crippen LogP contribution in [0.15, 0.2) is 42.7 Å². The van der Waals surface area contributed by atoms with Crippen LogP contribution in [0, 0.1) is 0 Å². The molecule has 23 heavy (non-hydrogen) atoms. The highest BCUT2D eigenvalue weighted by molar-refractivity contribution is 6.40. The zero-order chi connectivity index (χ0) is 16.4. The molecule has 0 radical (unpaired) electrons. The van der Waals surface area contributed by atoms with Gasteiger partial charge in [0.1, 0.15) is 11.8 Å². The second-order valence-electron chi connectivity index (χ2n) is 4.64. The van der Waals surface area contributed by atoms with Gasteiger partial charge in [0.15, 0.2) is 0 Å². The van der Waals surface area contributed by atoms with Crippen LogP contribution in [-0.2, 0) is 0 Å². The number of hydrogen-bond acceptors (Lipinski definition) is 4. The van der Waals surface area contributed by atoms with Crippen molar-refractivity contribution in [1.29, 1.82) is 0 Å². The van der Waals surface area contributed by atoms with E-state index in [1.807, 2.05) is 6.07 Å². The number of aromatic nitrogens is 2. The van der Waals surface area contributed by atoms with E-state index in [0.717, 1.165) is 0 Å².